The lowest BCUT2D eigenvalue weighted by molar-refractivity contribution is 0.478. The summed E-state index contributed by atoms with van der Waals surface area (Å²) in [6.45, 7) is 0. The third-order valence-corrected chi connectivity index (χ3v) is 2.35. The molecule has 18 heavy (non-hydrogen) atoms. The Kier molecular flexibility index (Phi) is 3.72. The summed E-state index contributed by atoms with van der Waals surface area (Å²) in [7, 11) is 0. The van der Waals surface area contributed by atoms with Crippen LogP contribution in [0.25, 0.3) is 0 Å². The van der Waals surface area contributed by atoms with Crippen LogP contribution in [-0.4, -0.2) is 6.08 Å². The van der Waals surface area contributed by atoms with Crippen LogP contribution in [-0.2, 0) is 4.79 Å². The number of rotatable bonds is 3. The van der Waals surface area contributed by atoms with Gasteiger partial charge in [0, 0.05) is 11.1 Å². The number of isocyanates is 1. The molecule has 0 radical (unpaired) electrons. The number of carbonyl (C=O) groups excluding carboxylic acids is 1. The van der Waals surface area contributed by atoms with Gasteiger partial charge in [-0.2, -0.15) is 4.99 Å². The van der Waals surface area contributed by atoms with Gasteiger partial charge in [-0.3, -0.25) is 0 Å². The predicted molar refractivity (Wildman–Crippen MR) is 65.7 cm³/mol. The Morgan fingerprint density at radius 2 is 2.06 bits per heavy atom. The van der Waals surface area contributed by atoms with Crippen molar-refractivity contribution in [2.75, 3.05) is 0 Å². The van der Waals surface area contributed by atoms with Gasteiger partial charge in [-0.05, 0) is 30.3 Å². The maximum atomic E-state index is 13.0. The summed E-state index contributed by atoms with van der Waals surface area (Å²) in [6.07, 6.45) is 1.41. The fourth-order valence-electron chi connectivity index (χ4n) is 1.37. The average Bonchev–Trinajstić information content (AvgIpc) is 2.33. The molecule has 0 saturated heterocycles. The first-order valence-corrected chi connectivity index (χ1v) is 5.37. The summed E-state index contributed by atoms with van der Waals surface area (Å²) in [4.78, 5) is 13.8. The van der Waals surface area contributed by atoms with Gasteiger partial charge in [0.15, 0.2) is 5.75 Å². The van der Waals surface area contributed by atoms with Gasteiger partial charge < -0.3 is 4.74 Å². The number of aliphatic imine (C=N–C) groups is 1. The SMILES string of the molecule is O=C=Nc1cc(Cl)ccc1Oc1cccc(F)c1. The Bertz CT molecular complexity index is 624. The number of ether oxygens (including phenoxy) is 1. The molecule has 2 aromatic rings. The standard InChI is InChI=1S/C13H7ClFNO2/c14-9-4-5-13(12(6-9)16-8-17)18-11-3-1-2-10(15)7-11/h1-7H. The van der Waals surface area contributed by atoms with E-state index >= 15 is 0 Å². The van der Waals surface area contributed by atoms with E-state index in [0.717, 1.165) is 0 Å². The third kappa shape index (κ3) is 2.94. The second-order valence-corrected chi connectivity index (χ2v) is 3.81. The minimum atomic E-state index is -0.415. The van der Waals surface area contributed by atoms with Crippen molar-refractivity contribution in [1.82, 2.24) is 0 Å². The van der Waals surface area contributed by atoms with Crippen LogP contribution in [0.2, 0.25) is 5.02 Å². The Morgan fingerprint density at radius 3 is 2.78 bits per heavy atom. The van der Waals surface area contributed by atoms with E-state index in [1.807, 2.05) is 0 Å². The Morgan fingerprint density at radius 1 is 1.22 bits per heavy atom. The third-order valence-electron chi connectivity index (χ3n) is 2.11. The quantitative estimate of drug-likeness (QED) is 0.614. The Balaban J connectivity index is 2.36. The van der Waals surface area contributed by atoms with Crippen molar-refractivity contribution in [3.05, 3.63) is 53.3 Å². The van der Waals surface area contributed by atoms with Gasteiger partial charge >= 0.3 is 0 Å². The van der Waals surface area contributed by atoms with Gasteiger partial charge in [0.2, 0.25) is 6.08 Å². The summed E-state index contributed by atoms with van der Waals surface area (Å²) >= 11 is 5.78. The summed E-state index contributed by atoms with van der Waals surface area (Å²) < 4.78 is 18.4. The number of benzene rings is 2. The fraction of sp³-hybridized carbons (Fsp3) is 0. The van der Waals surface area contributed by atoms with Gasteiger partial charge in [0.25, 0.3) is 0 Å². The molecule has 2 rings (SSSR count). The van der Waals surface area contributed by atoms with E-state index < -0.39 is 5.82 Å². The van der Waals surface area contributed by atoms with Crippen LogP contribution in [0.1, 0.15) is 0 Å². The maximum absolute atomic E-state index is 13.0. The molecule has 0 bridgehead atoms. The highest BCUT2D eigenvalue weighted by molar-refractivity contribution is 6.30. The normalized spacial score (nSPS) is 9.67. The van der Waals surface area contributed by atoms with Crippen molar-refractivity contribution in [3.8, 4) is 11.5 Å². The molecule has 0 amide bonds. The first kappa shape index (κ1) is 12.3. The first-order chi connectivity index (χ1) is 8.69. The summed E-state index contributed by atoms with van der Waals surface area (Å²) in [5, 5.41) is 0.413. The monoisotopic (exact) mass is 263 g/mol. The molecule has 90 valence electrons. The van der Waals surface area contributed by atoms with E-state index in [-0.39, 0.29) is 5.69 Å². The second kappa shape index (κ2) is 5.45. The molecule has 2 aromatic carbocycles. The molecule has 0 aromatic heterocycles. The van der Waals surface area contributed by atoms with Crippen molar-refractivity contribution < 1.29 is 13.9 Å². The van der Waals surface area contributed by atoms with E-state index in [4.69, 9.17) is 16.3 Å². The van der Waals surface area contributed by atoms with Gasteiger partial charge in [-0.25, -0.2) is 9.18 Å². The average molecular weight is 264 g/mol. The lowest BCUT2D eigenvalue weighted by Gasteiger charge is -2.07. The molecule has 0 atom stereocenters. The second-order valence-electron chi connectivity index (χ2n) is 3.37. The number of hydrogen-bond donors (Lipinski definition) is 0. The smallest absolute Gasteiger partial charge is 0.240 e. The molecule has 0 N–H and O–H groups in total. The van der Waals surface area contributed by atoms with Crippen LogP contribution in [0.4, 0.5) is 10.1 Å². The van der Waals surface area contributed by atoms with Gasteiger partial charge in [-0.15, -0.1) is 0 Å². The van der Waals surface area contributed by atoms with Crippen LogP contribution < -0.4 is 4.74 Å². The predicted octanol–water partition coefficient (Wildman–Crippen LogP) is 4.24. The van der Waals surface area contributed by atoms with Crippen molar-refractivity contribution in [2.24, 2.45) is 4.99 Å². The fourth-order valence-corrected chi connectivity index (χ4v) is 1.54. The topological polar surface area (TPSA) is 38.7 Å². The number of halogens is 2. The molecule has 0 aliphatic rings. The lowest BCUT2D eigenvalue weighted by Crippen LogP contribution is -1.85. The van der Waals surface area contributed by atoms with Crippen LogP contribution in [0.3, 0.4) is 0 Å². The Hall–Kier alpha value is -2.16. The van der Waals surface area contributed by atoms with Crippen LogP contribution in [0, 0.1) is 5.82 Å². The van der Waals surface area contributed by atoms with E-state index in [9.17, 15) is 9.18 Å². The van der Waals surface area contributed by atoms with Crippen LogP contribution in [0.15, 0.2) is 47.5 Å². The van der Waals surface area contributed by atoms with E-state index in [1.165, 1.54) is 30.3 Å². The molecule has 0 aliphatic carbocycles. The molecule has 0 fully saturated rings. The molecule has 5 heteroatoms. The van der Waals surface area contributed by atoms with Crippen molar-refractivity contribution >= 4 is 23.4 Å². The van der Waals surface area contributed by atoms with Crippen molar-refractivity contribution in [2.45, 2.75) is 0 Å². The highest BCUT2D eigenvalue weighted by Gasteiger charge is 2.06. The molecule has 3 nitrogen and oxygen atoms in total. The molecule has 0 aliphatic heterocycles. The zero-order chi connectivity index (χ0) is 13.0. The van der Waals surface area contributed by atoms with Crippen LogP contribution in [0.5, 0.6) is 11.5 Å². The lowest BCUT2D eigenvalue weighted by atomic mass is 10.3. The van der Waals surface area contributed by atoms with Gasteiger partial charge in [0.05, 0.1) is 0 Å². The van der Waals surface area contributed by atoms with Gasteiger partial charge in [0.1, 0.15) is 17.3 Å². The summed E-state index contributed by atoms with van der Waals surface area (Å²) in [5.74, 6) is 0.190. The minimum Gasteiger partial charge on any atom is -0.455 e. The van der Waals surface area contributed by atoms with Crippen molar-refractivity contribution in [1.29, 1.82) is 0 Å². The zero-order valence-electron chi connectivity index (χ0n) is 9.06. The Labute approximate surface area is 107 Å². The molecule has 0 spiro atoms. The molecular formula is C13H7ClFNO2. The summed E-state index contributed by atoms with van der Waals surface area (Å²) in [6, 6.07) is 10.2. The van der Waals surface area contributed by atoms with Crippen molar-refractivity contribution in [3.63, 3.8) is 0 Å². The molecule has 0 heterocycles. The highest BCUT2D eigenvalue weighted by atomic mass is 35.5. The van der Waals surface area contributed by atoms with Crippen LogP contribution >= 0.6 is 11.6 Å². The maximum Gasteiger partial charge on any atom is 0.240 e. The number of hydrogen-bond acceptors (Lipinski definition) is 3. The molecule has 0 unspecified atom stereocenters. The van der Waals surface area contributed by atoms with E-state index in [2.05, 4.69) is 4.99 Å². The first-order valence-electron chi connectivity index (χ1n) is 5.00. The number of nitrogens with zero attached hydrogens (tertiary/aromatic N) is 1. The largest absolute Gasteiger partial charge is 0.455 e. The minimum absolute atomic E-state index is 0.238. The van der Waals surface area contributed by atoms with Gasteiger partial charge in [-0.1, -0.05) is 17.7 Å². The molecular weight excluding hydrogens is 257 g/mol. The summed E-state index contributed by atoms with van der Waals surface area (Å²) in [5.41, 5.74) is 0.238. The molecule has 0 saturated carbocycles. The van der Waals surface area contributed by atoms with E-state index in [0.29, 0.717) is 16.5 Å². The van der Waals surface area contributed by atoms with E-state index in [1.54, 1.807) is 18.2 Å². The zero-order valence-corrected chi connectivity index (χ0v) is 9.82. The highest BCUT2D eigenvalue weighted by Crippen LogP contribution is 2.33.